The molecule has 0 bridgehead atoms. The number of piperidine rings is 1. The number of H-pyrrole nitrogens is 1. The summed E-state index contributed by atoms with van der Waals surface area (Å²) in [7, 11) is 1.89. The second-order valence-corrected chi connectivity index (χ2v) is 11.3. The van der Waals surface area contributed by atoms with Crippen LogP contribution in [0.4, 0.5) is 13.2 Å². The minimum absolute atomic E-state index is 0.00630. The van der Waals surface area contributed by atoms with E-state index >= 15 is 0 Å². The van der Waals surface area contributed by atoms with Gasteiger partial charge in [0.1, 0.15) is 17.7 Å². The van der Waals surface area contributed by atoms with Crippen molar-refractivity contribution >= 4 is 10.9 Å². The Hall–Kier alpha value is -3.40. The summed E-state index contributed by atoms with van der Waals surface area (Å²) >= 11 is 0. The number of halogens is 3. The largest absolute Gasteiger partial charge is 0.418 e. The molecule has 4 aromatic rings. The van der Waals surface area contributed by atoms with Gasteiger partial charge in [-0.15, -0.1) is 10.2 Å². The van der Waals surface area contributed by atoms with Crippen molar-refractivity contribution in [2.75, 3.05) is 13.1 Å². The number of aromatic amines is 1. The molecule has 7 nitrogen and oxygen atoms in total. The molecule has 38 heavy (non-hydrogen) atoms. The van der Waals surface area contributed by atoms with Crippen LogP contribution >= 0.6 is 0 Å². The number of fused-ring (bicyclic) bond motifs is 2. The predicted molar refractivity (Wildman–Crippen MR) is 136 cm³/mol. The fourth-order valence-electron chi connectivity index (χ4n) is 6.66. The third-order valence-corrected chi connectivity index (χ3v) is 8.96. The zero-order valence-corrected chi connectivity index (χ0v) is 21.1. The van der Waals surface area contributed by atoms with E-state index in [2.05, 4.69) is 20.1 Å². The smallest absolute Gasteiger partial charge is 0.353 e. The fourth-order valence-corrected chi connectivity index (χ4v) is 6.66. The molecule has 2 aliphatic carbocycles. The molecule has 7 rings (SSSR count). The lowest BCUT2D eigenvalue weighted by Crippen LogP contribution is -2.38. The quantitative estimate of drug-likeness (QED) is 0.410. The van der Waals surface area contributed by atoms with Crippen molar-refractivity contribution in [1.82, 2.24) is 29.2 Å². The van der Waals surface area contributed by atoms with Crippen LogP contribution in [0.25, 0.3) is 16.6 Å². The van der Waals surface area contributed by atoms with Crippen LogP contribution in [0.2, 0.25) is 0 Å². The maximum atomic E-state index is 14.3. The zero-order chi connectivity index (χ0) is 26.2. The van der Waals surface area contributed by atoms with E-state index in [1.54, 1.807) is 18.5 Å². The van der Waals surface area contributed by atoms with E-state index in [1.165, 1.54) is 12.5 Å². The van der Waals surface area contributed by atoms with Crippen molar-refractivity contribution in [3.05, 3.63) is 75.9 Å². The molecule has 1 aromatic carbocycles. The molecule has 0 radical (unpaired) electrons. The maximum Gasteiger partial charge on any atom is 0.418 e. The highest BCUT2D eigenvalue weighted by molar-refractivity contribution is 5.84. The Labute approximate surface area is 217 Å². The first-order valence-corrected chi connectivity index (χ1v) is 13.3. The Bertz CT molecular complexity index is 1590. The minimum atomic E-state index is -4.61. The molecule has 198 valence electrons. The number of hydrogen-bond donors (Lipinski definition) is 1. The normalized spacial score (nSPS) is 22.8. The second-order valence-electron chi connectivity index (χ2n) is 11.3. The summed E-state index contributed by atoms with van der Waals surface area (Å²) in [6, 6.07) is 8.78. The molecular weight excluding hydrogens is 493 g/mol. The first-order chi connectivity index (χ1) is 18.2. The molecule has 3 aromatic heterocycles. The van der Waals surface area contributed by atoms with Gasteiger partial charge in [0.2, 0.25) is 0 Å². The molecule has 0 spiro atoms. The van der Waals surface area contributed by atoms with Crippen molar-refractivity contribution in [3.8, 4) is 5.69 Å². The third-order valence-electron chi connectivity index (χ3n) is 8.96. The molecule has 0 amide bonds. The summed E-state index contributed by atoms with van der Waals surface area (Å²) in [6.45, 7) is 2.42. The van der Waals surface area contributed by atoms with Crippen LogP contribution in [0.3, 0.4) is 0 Å². The minimum Gasteiger partial charge on any atom is -0.353 e. The number of aryl methyl sites for hydroxylation is 1. The Morgan fingerprint density at radius 2 is 2.03 bits per heavy atom. The van der Waals surface area contributed by atoms with E-state index in [1.807, 2.05) is 23.7 Å². The van der Waals surface area contributed by atoms with E-state index in [9.17, 15) is 18.0 Å². The number of hydrogen-bond acceptors (Lipinski definition) is 4. The maximum absolute atomic E-state index is 14.3. The number of nitrogens with zero attached hydrogens (tertiary/aromatic N) is 5. The fraction of sp³-hybridized carbons (Fsp3) is 0.464. The number of nitrogens with one attached hydrogen (secondary N) is 1. The van der Waals surface area contributed by atoms with Crippen LogP contribution in [-0.2, 0) is 25.2 Å². The molecule has 0 unspecified atom stereocenters. The average Bonchev–Trinajstić information content (AvgIpc) is 3.30. The standard InChI is InChI=1S/C28H29F3N6O/c1-35-16-32-34-26(35)27(7-3-8-27)19-4-2-5-21(11-19)37-15-23(28(29,30)31)22-12-20(33-24(22)25(37)38)14-36-9-6-17-10-18(17)13-36/h2,4-5,11-12,15-18,33H,3,6-10,13-14H2,1H3/t17-,18-/m0/s1. The van der Waals surface area contributed by atoms with Gasteiger partial charge in [0.05, 0.1) is 11.0 Å². The van der Waals surface area contributed by atoms with Gasteiger partial charge in [0.25, 0.3) is 5.56 Å². The van der Waals surface area contributed by atoms with Crippen molar-refractivity contribution in [1.29, 1.82) is 0 Å². The van der Waals surface area contributed by atoms with Gasteiger partial charge < -0.3 is 9.55 Å². The molecule has 1 N–H and O–H groups in total. The van der Waals surface area contributed by atoms with E-state index < -0.39 is 17.3 Å². The summed E-state index contributed by atoms with van der Waals surface area (Å²) in [5, 5.41) is 8.31. The van der Waals surface area contributed by atoms with Crippen molar-refractivity contribution in [2.24, 2.45) is 18.9 Å². The molecule has 2 atom stereocenters. The van der Waals surface area contributed by atoms with Gasteiger partial charge in [-0.2, -0.15) is 13.2 Å². The van der Waals surface area contributed by atoms with Gasteiger partial charge >= 0.3 is 6.18 Å². The average molecular weight is 523 g/mol. The number of rotatable bonds is 5. The van der Waals surface area contributed by atoms with Crippen molar-refractivity contribution < 1.29 is 13.2 Å². The first kappa shape index (κ1) is 23.7. The molecule has 3 aliphatic rings. The molecule has 3 fully saturated rings. The lowest BCUT2D eigenvalue weighted by molar-refractivity contribution is -0.136. The molecule has 2 saturated carbocycles. The summed E-state index contributed by atoms with van der Waals surface area (Å²) in [5.41, 5.74) is 0.299. The summed E-state index contributed by atoms with van der Waals surface area (Å²) in [5.74, 6) is 2.36. The molecule has 1 saturated heterocycles. The van der Waals surface area contributed by atoms with Gasteiger partial charge in [-0.3, -0.25) is 14.3 Å². The van der Waals surface area contributed by atoms with Crippen LogP contribution in [0, 0.1) is 11.8 Å². The van der Waals surface area contributed by atoms with Crippen LogP contribution in [0.5, 0.6) is 0 Å². The van der Waals surface area contributed by atoms with Crippen molar-refractivity contribution in [2.45, 2.75) is 50.2 Å². The van der Waals surface area contributed by atoms with Gasteiger partial charge in [0.15, 0.2) is 0 Å². The lowest BCUT2D eigenvalue weighted by Gasteiger charge is -2.41. The van der Waals surface area contributed by atoms with E-state index in [-0.39, 0.29) is 16.3 Å². The van der Waals surface area contributed by atoms with Crippen LogP contribution in [0.1, 0.15) is 54.7 Å². The van der Waals surface area contributed by atoms with E-state index in [0.717, 1.165) is 66.8 Å². The van der Waals surface area contributed by atoms with E-state index in [4.69, 9.17) is 0 Å². The van der Waals surface area contributed by atoms with Gasteiger partial charge in [0, 0.05) is 43.1 Å². The third kappa shape index (κ3) is 3.72. The topological polar surface area (TPSA) is 71.7 Å². The van der Waals surface area contributed by atoms with Crippen molar-refractivity contribution in [3.63, 3.8) is 0 Å². The number of likely N-dealkylation sites (tertiary alicyclic amines) is 1. The predicted octanol–water partition coefficient (Wildman–Crippen LogP) is 4.78. The Morgan fingerprint density at radius 3 is 2.71 bits per heavy atom. The van der Waals surface area contributed by atoms with E-state index in [0.29, 0.717) is 23.8 Å². The van der Waals surface area contributed by atoms with Gasteiger partial charge in [-0.25, -0.2) is 0 Å². The summed E-state index contributed by atoms with van der Waals surface area (Å²) < 4.78 is 45.8. The van der Waals surface area contributed by atoms with Gasteiger partial charge in [-0.05, 0) is 67.8 Å². The SMILES string of the molecule is Cn1cnnc1C1(c2cccc(-n3cc(C(F)(F)F)c4cc(CN5CC[C@H]6C[C@H]6C5)[nH]c4c3=O)c2)CCC1. The Kier molecular flexibility index (Phi) is 5.17. The van der Waals surface area contributed by atoms with Gasteiger partial charge in [-0.1, -0.05) is 18.6 Å². The molecular formula is C28H29F3N6O. The number of pyridine rings is 1. The van der Waals surface area contributed by atoms with Crippen LogP contribution in [-0.4, -0.2) is 42.3 Å². The van der Waals surface area contributed by atoms with Crippen LogP contribution in [0.15, 0.2) is 47.7 Å². The molecule has 1 aliphatic heterocycles. The molecule has 4 heterocycles. The highest BCUT2D eigenvalue weighted by atomic mass is 19.4. The second kappa shape index (κ2) is 8.30. The number of alkyl halides is 3. The lowest BCUT2D eigenvalue weighted by atomic mass is 9.63. The number of benzene rings is 1. The first-order valence-electron chi connectivity index (χ1n) is 13.3. The highest BCUT2D eigenvalue weighted by Gasteiger charge is 2.44. The zero-order valence-electron chi connectivity index (χ0n) is 21.1. The highest BCUT2D eigenvalue weighted by Crippen LogP contribution is 2.48. The monoisotopic (exact) mass is 522 g/mol. The summed E-state index contributed by atoms with van der Waals surface area (Å²) in [4.78, 5) is 19.0. The molecule has 10 heteroatoms. The Balaban J connectivity index is 1.31. The number of aromatic nitrogens is 5. The summed E-state index contributed by atoms with van der Waals surface area (Å²) in [6.07, 6.45) is 3.14. The Morgan fingerprint density at radius 1 is 1.18 bits per heavy atom. The van der Waals surface area contributed by atoms with Crippen LogP contribution < -0.4 is 5.56 Å².